The summed E-state index contributed by atoms with van der Waals surface area (Å²) >= 11 is 0. The number of hydrogen-bond donors (Lipinski definition) is 0. The van der Waals surface area contributed by atoms with Gasteiger partial charge < -0.3 is 14.2 Å². The van der Waals surface area contributed by atoms with E-state index in [4.69, 9.17) is 14.2 Å². The highest BCUT2D eigenvalue weighted by atomic mass is 16.7. The molecule has 2 saturated heterocycles. The Morgan fingerprint density at radius 3 is 3.00 bits per heavy atom. The van der Waals surface area contributed by atoms with Crippen molar-refractivity contribution in [3.63, 3.8) is 0 Å². The molecule has 108 valence electrons. The second kappa shape index (κ2) is 4.94. The molecule has 4 atom stereocenters. The van der Waals surface area contributed by atoms with E-state index in [2.05, 4.69) is 0 Å². The lowest BCUT2D eigenvalue weighted by molar-refractivity contribution is -0.161. The first kappa shape index (κ1) is 13.2. The third kappa shape index (κ3) is 2.20. The Kier molecular flexibility index (Phi) is 3.25. The van der Waals surface area contributed by atoms with Crippen LogP contribution in [-0.4, -0.2) is 41.0 Å². The molecule has 2 aliphatic rings. The summed E-state index contributed by atoms with van der Waals surface area (Å²) in [4.78, 5) is 23.5. The lowest BCUT2D eigenvalue weighted by Crippen LogP contribution is -2.45. The minimum absolute atomic E-state index is 0.130. The standard InChI is InChI=1S/C14H17NO5/c1-3-9-4-5-15(7-9)14(17)20-13-10-6-11(16)19-12(13)8(2)18-10/h4-5,7-8,10,12-13H,3,6H2,1-2H3. The predicted molar refractivity (Wildman–Crippen MR) is 68.3 cm³/mol. The van der Waals surface area contributed by atoms with Gasteiger partial charge in [0, 0.05) is 12.4 Å². The summed E-state index contributed by atoms with van der Waals surface area (Å²) < 4.78 is 17.7. The fourth-order valence-electron chi connectivity index (χ4n) is 2.68. The molecule has 0 radical (unpaired) electrons. The molecule has 4 unspecified atom stereocenters. The number of hydrogen-bond acceptors (Lipinski definition) is 5. The van der Waals surface area contributed by atoms with Crippen LogP contribution in [0.3, 0.4) is 0 Å². The minimum Gasteiger partial charge on any atom is -0.455 e. The van der Waals surface area contributed by atoms with Crippen molar-refractivity contribution in [1.82, 2.24) is 4.57 Å². The lowest BCUT2D eigenvalue weighted by Gasteiger charge is -2.27. The Morgan fingerprint density at radius 1 is 1.55 bits per heavy atom. The number of carbonyl (C=O) groups is 2. The van der Waals surface area contributed by atoms with E-state index in [1.807, 2.05) is 19.9 Å². The molecule has 20 heavy (non-hydrogen) atoms. The third-order valence-corrected chi connectivity index (χ3v) is 3.79. The Bertz CT molecular complexity index is 537. The van der Waals surface area contributed by atoms with Gasteiger partial charge in [0.1, 0.15) is 6.10 Å². The van der Waals surface area contributed by atoms with Gasteiger partial charge in [0.2, 0.25) is 0 Å². The smallest absolute Gasteiger partial charge is 0.418 e. The molecule has 0 spiro atoms. The van der Waals surface area contributed by atoms with Crippen molar-refractivity contribution in [2.24, 2.45) is 0 Å². The van der Waals surface area contributed by atoms with Crippen molar-refractivity contribution in [1.29, 1.82) is 0 Å². The van der Waals surface area contributed by atoms with Gasteiger partial charge >= 0.3 is 12.1 Å². The molecule has 2 bridgehead atoms. The first-order valence-electron chi connectivity index (χ1n) is 6.81. The zero-order valence-corrected chi connectivity index (χ0v) is 11.4. The van der Waals surface area contributed by atoms with Crippen LogP contribution in [0.4, 0.5) is 4.79 Å². The summed E-state index contributed by atoms with van der Waals surface area (Å²) in [6, 6.07) is 1.87. The first-order chi connectivity index (χ1) is 9.58. The first-order valence-corrected chi connectivity index (χ1v) is 6.81. The van der Waals surface area contributed by atoms with Gasteiger partial charge in [-0.15, -0.1) is 0 Å². The van der Waals surface area contributed by atoms with Gasteiger partial charge in [-0.1, -0.05) is 6.92 Å². The van der Waals surface area contributed by atoms with Crippen LogP contribution in [0.2, 0.25) is 0 Å². The molecule has 0 N–H and O–H groups in total. The molecule has 3 heterocycles. The molecule has 0 amide bonds. The average molecular weight is 279 g/mol. The monoisotopic (exact) mass is 279 g/mol. The number of esters is 1. The quantitative estimate of drug-likeness (QED) is 0.768. The average Bonchev–Trinajstić information content (AvgIpc) is 2.95. The summed E-state index contributed by atoms with van der Waals surface area (Å²) in [6.07, 6.45) is 2.24. The van der Waals surface area contributed by atoms with E-state index in [-0.39, 0.29) is 18.5 Å². The van der Waals surface area contributed by atoms with Crippen molar-refractivity contribution in [3.05, 3.63) is 24.0 Å². The SMILES string of the molecule is CCc1ccn(C(=O)OC2C3CC(=O)OC2C(C)O3)c1. The van der Waals surface area contributed by atoms with Crippen molar-refractivity contribution in [2.45, 2.75) is 51.1 Å². The number of aromatic nitrogens is 1. The summed E-state index contributed by atoms with van der Waals surface area (Å²) in [5.74, 6) is -0.300. The lowest BCUT2D eigenvalue weighted by atomic mass is 10.0. The van der Waals surface area contributed by atoms with Gasteiger partial charge in [-0.2, -0.15) is 0 Å². The second-order valence-electron chi connectivity index (χ2n) is 5.17. The maximum Gasteiger partial charge on any atom is 0.418 e. The summed E-state index contributed by atoms with van der Waals surface area (Å²) in [5, 5.41) is 0. The zero-order chi connectivity index (χ0) is 14.3. The molecule has 1 aromatic heterocycles. The predicted octanol–water partition coefficient (Wildman–Crippen LogP) is 1.51. The number of aryl methyl sites for hydroxylation is 1. The van der Waals surface area contributed by atoms with E-state index in [0.29, 0.717) is 0 Å². The van der Waals surface area contributed by atoms with Crippen LogP contribution in [-0.2, 0) is 25.4 Å². The topological polar surface area (TPSA) is 66.8 Å². The number of ether oxygens (including phenoxy) is 3. The van der Waals surface area contributed by atoms with Crippen molar-refractivity contribution < 1.29 is 23.8 Å². The zero-order valence-electron chi connectivity index (χ0n) is 11.4. The third-order valence-electron chi connectivity index (χ3n) is 3.79. The van der Waals surface area contributed by atoms with Crippen LogP contribution in [0.5, 0.6) is 0 Å². The highest BCUT2D eigenvalue weighted by molar-refractivity contribution is 5.73. The fraction of sp³-hybridized carbons (Fsp3) is 0.571. The van der Waals surface area contributed by atoms with Crippen LogP contribution in [0.15, 0.2) is 18.5 Å². The molecule has 1 aromatic rings. The van der Waals surface area contributed by atoms with E-state index < -0.39 is 24.4 Å². The van der Waals surface area contributed by atoms with Crippen molar-refractivity contribution in [2.75, 3.05) is 0 Å². The van der Waals surface area contributed by atoms with Crippen LogP contribution in [0.25, 0.3) is 0 Å². The summed E-state index contributed by atoms with van der Waals surface area (Å²) in [6.45, 7) is 3.83. The van der Waals surface area contributed by atoms with Gasteiger partial charge in [0.15, 0.2) is 12.2 Å². The van der Waals surface area contributed by atoms with Gasteiger partial charge in [-0.25, -0.2) is 4.79 Å². The van der Waals surface area contributed by atoms with Crippen LogP contribution >= 0.6 is 0 Å². The normalized spacial score (nSPS) is 32.0. The number of nitrogens with zero attached hydrogens (tertiary/aromatic N) is 1. The Morgan fingerprint density at radius 2 is 2.35 bits per heavy atom. The van der Waals surface area contributed by atoms with Crippen LogP contribution < -0.4 is 0 Å². The molecule has 0 saturated carbocycles. The number of carbonyl (C=O) groups excluding carboxylic acids is 2. The van der Waals surface area contributed by atoms with Crippen LogP contribution in [0.1, 0.15) is 25.8 Å². The highest BCUT2D eigenvalue weighted by Crippen LogP contribution is 2.33. The van der Waals surface area contributed by atoms with Gasteiger partial charge in [0.05, 0.1) is 12.5 Å². The minimum atomic E-state index is -0.525. The molecule has 6 nitrogen and oxygen atoms in total. The molecule has 6 heteroatoms. The Hall–Kier alpha value is -1.82. The van der Waals surface area contributed by atoms with E-state index in [1.165, 1.54) is 4.57 Å². The Labute approximate surface area is 116 Å². The van der Waals surface area contributed by atoms with E-state index >= 15 is 0 Å². The molecule has 3 rings (SSSR count). The number of fused-ring (bicyclic) bond motifs is 2. The summed E-state index contributed by atoms with van der Waals surface area (Å²) in [7, 11) is 0. The van der Waals surface area contributed by atoms with Gasteiger partial charge in [-0.3, -0.25) is 9.36 Å². The maximum atomic E-state index is 12.1. The van der Waals surface area contributed by atoms with Gasteiger partial charge in [0.25, 0.3) is 0 Å². The van der Waals surface area contributed by atoms with E-state index in [9.17, 15) is 9.59 Å². The van der Waals surface area contributed by atoms with Gasteiger partial charge in [-0.05, 0) is 25.0 Å². The molecule has 2 aliphatic heterocycles. The maximum absolute atomic E-state index is 12.1. The Balaban J connectivity index is 1.71. The molecule has 2 fully saturated rings. The largest absolute Gasteiger partial charge is 0.455 e. The van der Waals surface area contributed by atoms with E-state index in [1.54, 1.807) is 12.4 Å². The molecular weight excluding hydrogens is 262 g/mol. The van der Waals surface area contributed by atoms with Crippen LogP contribution in [0, 0.1) is 0 Å². The summed E-state index contributed by atoms with van der Waals surface area (Å²) in [5.41, 5.74) is 1.06. The molecular formula is C14H17NO5. The molecule has 0 aliphatic carbocycles. The van der Waals surface area contributed by atoms with Crippen molar-refractivity contribution >= 4 is 12.1 Å². The van der Waals surface area contributed by atoms with Crippen molar-refractivity contribution in [3.8, 4) is 0 Å². The second-order valence-corrected chi connectivity index (χ2v) is 5.17. The molecule has 0 aromatic carbocycles. The fourth-order valence-corrected chi connectivity index (χ4v) is 2.68. The number of rotatable bonds is 2. The highest BCUT2D eigenvalue weighted by Gasteiger charge is 2.52. The van der Waals surface area contributed by atoms with E-state index in [0.717, 1.165) is 12.0 Å².